The van der Waals surface area contributed by atoms with Crippen molar-refractivity contribution in [3.8, 4) is 0 Å². The highest BCUT2D eigenvalue weighted by molar-refractivity contribution is 5.79. The molecule has 0 fully saturated rings. The molecule has 4 heteroatoms. The Morgan fingerprint density at radius 3 is 1.88 bits per heavy atom. The molecular formula is C20H27N3O. The van der Waals surface area contributed by atoms with E-state index in [2.05, 4.69) is 58.9 Å². The lowest BCUT2D eigenvalue weighted by Crippen LogP contribution is -2.36. The van der Waals surface area contributed by atoms with Crippen LogP contribution in [0.15, 0.2) is 53.5 Å². The third-order valence-corrected chi connectivity index (χ3v) is 4.03. The highest BCUT2D eigenvalue weighted by Crippen LogP contribution is 2.10. The summed E-state index contributed by atoms with van der Waals surface area (Å²) in [5, 5.41) is 6.77. The maximum Gasteiger partial charge on any atom is 0.191 e. The second-order valence-electron chi connectivity index (χ2n) is 5.60. The summed E-state index contributed by atoms with van der Waals surface area (Å²) in [6.45, 7) is 4.28. The lowest BCUT2D eigenvalue weighted by atomic mass is 10.1. The summed E-state index contributed by atoms with van der Waals surface area (Å²) in [7, 11) is 3.51. The van der Waals surface area contributed by atoms with Crippen LogP contribution >= 0.6 is 0 Å². The van der Waals surface area contributed by atoms with E-state index in [0.29, 0.717) is 13.2 Å². The Kier molecular flexibility index (Phi) is 7.30. The van der Waals surface area contributed by atoms with Crippen LogP contribution in [0.5, 0.6) is 0 Å². The molecule has 0 atom stereocenters. The van der Waals surface area contributed by atoms with E-state index in [-0.39, 0.29) is 0 Å². The van der Waals surface area contributed by atoms with Gasteiger partial charge in [0.1, 0.15) is 0 Å². The van der Waals surface area contributed by atoms with Crippen LogP contribution in [-0.2, 0) is 30.9 Å². The summed E-state index contributed by atoms with van der Waals surface area (Å²) in [6, 6.07) is 16.8. The van der Waals surface area contributed by atoms with E-state index in [1.807, 2.05) is 12.1 Å². The third kappa shape index (κ3) is 5.10. The van der Waals surface area contributed by atoms with Crippen molar-refractivity contribution in [3.63, 3.8) is 0 Å². The molecule has 0 aliphatic rings. The van der Waals surface area contributed by atoms with Gasteiger partial charge in [-0.25, -0.2) is 0 Å². The predicted molar refractivity (Wildman–Crippen MR) is 100 cm³/mol. The van der Waals surface area contributed by atoms with Gasteiger partial charge in [-0.3, -0.25) is 4.99 Å². The van der Waals surface area contributed by atoms with Gasteiger partial charge in [-0.15, -0.1) is 0 Å². The molecule has 2 aromatic carbocycles. The maximum atomic E-state index is 5.26. The summed E-state index contributed by atoms with van der Waals surface area (Å²) < 4.78 is 5.26. The molecule has 0 unspecified atom stereocenters. The van der Waals surface area contributed by atoms with Gasteiger partial charge in [0.15, 0.2) is 5.96 Å². The van der Waals surface area contributed by atoms with Crippen LogP contribution in [0, 0.1) is 0 Å². The van der Waals surface area contributed by atoms with Gasteiger partial charge in [0, 0.05) is 27.2 Å². The maximum absolute atomic E-state index is 5.26. The van der Waals surface area contributed by atoms with Gasteiger partial charge in [0.2, 0.25) is 0 Å². The number of aryl methyl sites for hydroxylation is 1. The molecule has 0 aliphatic carbocycles. The quantitative estimate of drug-likeness (QED) is 0.607. The van der Waals surface area contributed by atoms with E-state index >= 15 is 0 Å². The number of nitrogens with one attached hydrogen (secondary N) is 2. The molecule has 0 bridgehead atoms. The summed E-state index contributed by atoms with van der Waals surface area (Å²) in [5.41, 5.74) is 5.09. The number of ether oxygens (including phenoxy) is 1. The van der Waals surface area contributed by atoms with E-state index in [1.54, 1.807) is 14.2 Å². The molecule has 0 radical (unpaired) electrons. The Labute approximate surface area is 145 Å². The molecule has 0 saturated heterocycles. The highest BCUT2D eigenvalue weighted by atomic mass is 16.5. The topological polar surface area (TPSA) is 45.7 Å². The average Bonchev–Trinajstić information content (AvgIpc) is 2.63. The molecule has 0 spiro atoms. The van der Waals surface area contributed by atoms with Crippen LogP contribution in [0.3, 0.4) is 0 Å². The number of aliphatic imine (C=N–C) groups is 1. The van der Waals surface area contributed by atoms with E-state index < -0.39 is 0 Å². The van der Waals surface area contributed by atoms with E-state index in [4.69, 9.17) is 4.74 Å². The van der Waals surface area contributed by atoms with Crippen molar-refractivity contribution in [2.45, 2.75) is 33.0 Å². The second-order valence-corrected chi connectivity index (χ2v) is 5.60. The van der Waals surface area contributed by atoms with Crippen molar-refractivity contribution in [2.75, 3.05) is 14.2 Å². The molecule has 0 aliphatic heterocycles. The molecule has 0 aromatic heterocycles. The summed E-state index contributed by atoms with van der Waals surface area (Å²) >= 11 is 0. The van der Waals surface area contributed by atoms with Crippen molar-refractivity contribution < 1.29 is 4.74 Å². The fraction of sp³-hybridized carbons (Fsp3) is 0.350. The molecular weight excluding hydrogens is 298 g/mol. The number of hydrogen-bond acceptors (Lipinski definition) is 2. The van der Waals surface area contributed by atoms with E-state index in [1.165, 1.54) is 22.3 Å². The second kappa shape index (κ2) is 9.73. The normalized spacial score (nSPS) is 11.4. The predicted octanol–water partition coefficient (Wildman–Crippen LogP) is 3.26. The van der Waals surface area contributed by atoms with Gasteiger partial charge in [0.25, 0.3) is 0 Å². The molecule has 2 N–H and O–H groups in total. The number of guanidine groups is 1. The van der Waals surface area contributed by atoms with Crippen LogP contribution < -0.4 is 10.6 Å². The first kappa shape index (κ1) is 18.0. The van der Waals surface area contributed by atoms with E-state index in [0.717, 1.165) is 18.9 Å². The van der Waals surface area contributed by atoms with Crippen molar-refractivity contribution in [1.82, 2.24) is 10.6 Å². The van der Waals surface area contributed by atoms with Gasteiger partial charge in [-0.2, -0.15) is 0 Å². The summed E-state index contributed by atoms with van der Waals surface area (Å²) in [5.74, 6) is 0.799. The van der Waals surface area contributed by atoms with Gasteiger partial charge >= 0.3 is 0 Å². The van der Waals surface area contributed by atoms with Crippen LogP contribution in [0.25, 0.3) is 0 Å². The molecule has 128 valence electrons. The Morgan fingerprint density at radius 1 is 0.875 bits per heavy atom. The summed E-state index contributed by atoms with van der Waals surface area (Å²) in [4.78, 5) is 4.31. The van der Waals surface area contributed by atoms with Crippen molar-refractivity contribution in [2.24, 2.45) is 4.99 Å². The number of hydrogen-bond donors (Lipinski definition) is 2. The smallest absolute Gasteiger partial charge is 0.191 e. The Hall–Kier alpha value is -2.33. The minimum atomic E-state index is 0.619. The van der Waals surface area contributed by atoms with Gasteiger partial charge in [0.05, 0.1) is 6.61 Å². The first-order chi connectivity index (χ1) is 11.8. The first-order valence-corrected chi connectivity index (χ1v) is 8.35. The van der Waals surface area contributed by atoms with Crippen molar-refractivity contribution >= 4 is 5.96 Å². The zero-order valence-electron chi connectivity index (χ0n) is 14.8. The molecule has 0 heterocycles. The zero-order chi connectivity index (χ0) is 17.2. The summed E-state index contributed by atoms with van der Waals surface area (Å²) in [6.07, 6.45) is 1.04. The van der Waals surface area contributed by atoms with E-state index in [9.17, 15) is 0 Å². The number of rotatable bonds is 7. The monoisotopic (exact) mass is 325 g/mol. The Bertz CT molecular complexity index is 667. The van der Waals surface area contributed by atoms with Gasteiger partial charge < -0.3 is 15.4 Å². The minimum Gasteiger partial charge on any atom is -0.380 e. The average molecular weight is 325 g/mol. The fourth-order valence-electron chi connectivity index (χ4n) is 2.68. The first-order valence-electron chi connectivity index (χ1n) is 8.35. The SMILES string of the molecule is CCc1ccccc1CNC(=NC)NCc1ccccc1COC. The van der Waals surface area contributed by atoms with Crippen LogP contribution in [0.2, 0.25) is 0 Å². The Morgan fingerprint density at radius 2 is 1.38 bits per heavy atom. The number of nitrogens with zero attached hydrogens (tertiary/aromatic N) is 1. The standard InChI is InChI=1S/C20H27N3O/c1-4-16-9-5-6-10-17(16)13-22-20(21-2)23-14-18-11-7-8-12-19(18)15-24-3/h5-12H,4,13-15H2,1-3H3,(H2,21,22,23). The zero-order valence-corrected chi connectivity index (χ0v) is 14.8. The molecule has 24 heavy (non-hydrogen) atoms. The van der Waals surface area contributed by atoms with Crippen LogP contribution in [0.4, 0.5) is 0 Å². The van der Waals surface area contributed by atoms with Gasteiger partial charge in [-0.1, -0.05) is 55.5 Å². The van der Waals surface area contributed by atoms with Crippen molar-refractivity contribution in [1.29, 1.82) is 0 Å². The highest BCUT2D eigenvalue weighted by Gasteiger charge is 2.04. The lowest BCUT2D eigenvalue weighted by Gasteiger charge is -2.15. The lowest BCUT2D eigenvalue weighted by molar-refractivity contribution is 0.184. The van der Waals surface area contributed by atoms with Gasteiger partial charge in [-0.05, 0) is 28.7 Å². The molecule has 0 amide bonds. The van der Waals surface area contributed by atoms with Crippen LogP contribution in [0.1, 0.15) is 29.2 Å². The van der Waals surface area contributed by atoms with Crippen LogP contribution in [-0.4, -0.2) is 20.1 Å². The van der Waals surface area contributed by atoms with Crippen molar-refractivity contribution in [3.05, 3.63) is 70.8 Å². The largest absolute Gasteiger partial charge is 0.380 e. The fourth-order valence-corrected chi connectivity index (χ4v) is 2.68. The third-order valence-electron chi connectivity index (χ3n) is 4.03. The minimum absolute atomic E-state index is 0.619. The number of benzene rings is 2. The molecule has 2 rings (SSSR count). The Balaban J connectivity index is 1.94. The molecule has 0 saturated carbocycles. The number of methoxy groups -OCH3 is 1. The molecule has 2 aromatic rings. The molecule has 4 nitrogen and oxygen atoms in total.